The zero-order valence-corrected chi connectivity index (χ0v) is 14.6. The molecule has 7 heteroatoms. The Labute approximate surface area is 144 Å². The Morgan fingerprint density at radius 2 is 1.96 bits per heavy atom. The lowest BCUT2D eigenvalue weighted by molar-refractivity contribution is 0.147. The normalized spacial score (nSPS) is 16.0. The van der Waals surface area contributed by atoms with Crippen molar-refractivity contribution in [2.75, 3.05) is 5.73 Å². The van der Waals surface area contributed by atoms with Crippen LogP contribution in [0.25, 0.3) is 11.3 Å². The molecule has 2 aromatic rings. The molecule has 1 aliphatic rings. The summed E-state index contributed by atoms with van der Waals surface area (Å²) in [7, 11) is 0. The molecule has 0 saturated heterocycles. The molecule has 0 saturated carbocycles. The minimum absolute atomic E-state index is 0.0583. The third-order valence-corrected chi connectivity index (χ3v) is 4.44. The van der Waals surface area contributed by atoms with Gasteiger partial charge in [-0.2, -0.15) is 0 Å². The predicted molar refractivity (Wildman–Crippen MR) is 93.3 cm³/mol. The molecule has 0 atom stereocenters. The van der Waals surface area contributed by atoms with Crippen LogP contribution in [0.1, 0.15) is 33.3 Å². The maximum absolute atomic E-state index is 14.7. The molecule has 0 radical (unpaired) electrons. The van der Waals surface area contributed by atoms with Crippen molar-refractivity contribution >= 4 is 28.9 Å². The maximum atomic E-state index is 14.7. The average Bonchev–Trinajstić information content (AvgIpc) is 2.74. The topological polar surface area (TPSA) is 84.4 Å². The molecule has 0 spiro atoms. The van der Waals surface area contributed by atoms with Crippen molar-refractivity contribution in [3.63, 3.8) is 0 Å². The highest BCUT2D eigenvalue weighted by Crippen LogP contribution is 2.46. The summed E-state index contributed by atoms with van der Waals surface area (Å²) in [5, 5.41) is 10.7. The zero-order chi connectivity index (χ0) is 17.9. The van der Waals surface area contributed by atoms with Crippen molar-refractivity contribution in [2.24, 2.45) is 4.99 Å². The SMILES string of the molecule is CC(C)(O)C1=Nc2c(F)cc(-c3nc(N)ncc3Cl)cc2C1(C)C. The summed E-state index contributed by atoms with van der Waals surface area (Å²) in [6.07, 6.45) is 1.38. The lowest BCUT2D eigenvalue weighted by atomic mass is 9.75. The number of anilines is 1. The van der Waals surface area contributed by atoms with Crippen LogP contribution in [0.5, 0.6) is 0 Å². The molecule has 0 aliphatic carbocycles. The first-order valence-electron chi connectivity index (χ1n) is 7.46. The van der Waals surface area contributed by atoms with E-state index in [2.05, 4.69) is 15.0 Å². The van der Waals surface area contributed by atoms with E-state index in [-0.39, 0.29) is 16.7 Å². The number of hydrogen-bond acceptors (Lipinski definition) is 5. The van der Waals surface area contributed by atoms with E-state index in [9.17, 15) is 9.50 Å². The molecule has 0 fully saturated rings. The highest BCUT2D eigenvalue weighted by molar-refractivity contribution is 6.32. The summed E-state index contributed by atoms with van der Waals surface area (Å²) >= 11 is 6.13. The Hall–Kier alpha value is -2.05. The number of nitrogens with two attached hydrogens (primary N) is 1. The summed E-state index contributed by atoms with van der Waals surface area (Å²) in [5.41, 5.74) is 6.09. The summed E-state index contributed by atoms with van der Waals surface area (Å²) in [4.78, 5) is 12.3. The minimum Gasteiger partial charge on any atom is -0.384 e. The molecule has 3 N–H and O–H groups in total. The molecule has 2 heterocycles. The first-order chi connectivity index (χ1) is 11.0. The first kappa shape index (κ1) is 16.8. The predicted octanol–water partition coefficient (Wildman–Crippen LogP) is 3.65. The van der Waals surface area contributed by atoms with E-state index < -0.39 is 16.8 Å². The van der Waals surface area contributed by atoms with E-state index in [4.69, 9.17) is 17.3 Å². The fourth-order valence-corrected chi connectivity index (χ4v) is 3.39. The summed E-state index contributed by atoms with van der Waals surface area (Å²) < 4.78 is 14.7. The van der Waals surface area contributed by atoms with Gasteiger partial charge in [-0.25, -0.2) is 14.4 Å². The third-order valence-electron chi connectivity index (χ3n) is 4.17. The standard InChI is InChI=1S/C17H18ClFN4O/c1-16(2)9-5-8(12-10(18)7-21-15(20)23-12)6-11(19)13(9)22-14(16)17(3,4)24/h5-7,24H,1-4H3,(H2,20,21,23). The van der Waals surface area contributed by atoms with E-state index in [1.54, 1.807) is 19.9 Å². The van der Waals surface area contributed by atoms with Crippen LogP contribution in [-0.2, 0) is 5.41 Å². The minimum atomic E-state index is -1.16. The second kappa shape index (κ2) is 5.22. The second-order valence-corrected chi connectivity index (χ2v) is 7.33. The number of hydrogen-bond donors (Lipinski definition) is 2. The Morgan fingerprint density at radius 1 is 1.29 bits per heavy atom. The Kier molecular flexibility index (Phi) is 3.66. The number of benzene rings is 1. The Bertz CT molecular complexity index is 872. The van der Waals surface area contributed by atoms with E-state index in [1.807, 2.05) is 13.8 Å². The Morgan fingerprint density at radius 3 is 2.58 bits per heavy atom. The van der Waals surface area contributed by atoms with Crippen LogP contribution in [0.2, 0.25) is 5.02 Å². The van der Waals surface area contributed by atoms with Gasteiger partial charge in [-0.15, -0.1) is 0 Å². The van der Waals surface area contributed by atoms with E-state index in [1.165, 1.54) is 12.3 Å². The van der Waals surface area contributed by atoms with Gasteiger partial charge < -0.3 is 10.8 Å². The zero-order valence-electron chi connectivity index (χ0n) is 13.9. The van der Waals surface area contributed by atoms with Gasteiger partial charge in [-0.3, -0.25) is 4.99 Å². The van der Waals surface area contributed by atoms with Gasteiger partial charge in [0, 0.05) is 11.0 Å². The number of rotatable bonds is 2. The number of halogens is 2. The smallest absolute Gasteiger partial charge is 0.220 e. The van der Waals surface area contributed by atoms with Crippen molar-refractivity contribution in [3.05, 3.63) is 34.7 Å². The van der Waals surface area contributed by atoms with Crippen molar-refractivity contribution in [2.45, 2.75) is 38.7 Å². The quantitative estimate of drug-likeness (QED) is 0.867. The van der Waals surface area contributed by atoms with Crippen LogP contribution in [-0.4, -0.2) is 26.4 Å². The van der Waals surface area contributed by atoms with Gasteiger partial charge in [-0.05, 0) is 31.5 Å². The molecular formula is C17H18ClFN4O. The van der Waals surface area contributed by atoms with Gasteiger partial charge in [0.1, 0.15) is 11.5 Å². The monoisotopic (exact) mass is 348 g/mol. The molecule has 1 aliphatic heterocycles. The lowest BCUT2D eigenvalue weighted by Crippen LogP contribution is -2.42. The highest BCUT2D eigenvalue weighted by atomic mass is 35.5. The first-order valence-corrected chi connectivity index (χ1v) is 7.84. The van der Waals surface area contributed by atoms with Crippen molar-refractivity contribution < 1.29 is 9.50 Å². The molecule has 0 unspecified atom stereocenters. The average molecular weight is 349 g/mol. The lowest BCUT2D eigenvalue weighted by Gasteiger charge is -2.30. The van der Waals surface area contributed by atoms with Gasteiger partial charge in [0.25, 0.3) is 0 Å². The van der Waals surface area contributed by atoms with Crippen molar-refractivity contribution in [3.8, 4) is 11.3 Å². The number of aliphatic imine (C=N–C) groups is 1. The highest BCUT2D eigenvalue weighted by Gasteiger charge is 2.43. The second-order valence-electron chi connectivity index (χ2n) is 6.92. The van der Waals surface area contributed by atoms with E-state index >= 15 is 0 Å². The van der Waals surface area contributed by atoms with E-state index in [0.717, 1.165) is 0 Å². The molecular weight excluding hydrogens is 331 g/mol. The Balaban J connectivity index is 2.21. The molecule has 126 valence electrons. The fourth-order valence-electron chi connectivity index (χ4n) is 3.19. The molecule has 5 nitrogen and oxygen atoms in total. The van der Waals surface area contributed by atoms with Crippen LogP contribution in [0.4, 0.5) is 16.0 Å². The van der Waals surface area contributed by atoms with Crippen LogP contribution in [0, 0.1) is 5.82 Å². The molecule has 3 rings (SSSR count). The van der Waals surface area contributed by atoms with Gasteiger partial charge >= 0.3 is 0 Å². The third kappa shape index (κ3) is 2.56. The summed E-state index contributed by atoms with van der Waals surface area (Å²) in [5.74, 6) is -0.439. The van der Waals surface area contributed by atoms with Gasteiger partial charge in [0.2, 0.25) is 5.95 Å². The molecule has 24 heavy (non-hydrogen) atoms. The number of aliphatic hydroxyl groups is 1. The van der Waals surface area contributed by atoms with Crippen LogP contribution in [0.15, 0.2) is 23.3 Å². The number of fused-ring (bicyclic) bond motifs is 1. The number of nitrogens with zero attached hydrogens (tertiary/aromatic N) is 3. The maximum Gasteiger partial charge on any atom is 0.220 e. The van der Waals surface area contributed by atoms with E-state index in [0.29, 0.717) is 22.5 Å². The van der Waals surface area contributed by atoms with Crippen molar-refractivity contribution in [1.82, 2.24) is 9.97 Å². The van der Waals surface area contributed by atoms with Gasteiger partial charge in [-0.1, -0.05) is 25.4 Å². The molecule has 1 aromatic heterocycles. The van der Waals surface area contributed by atoms with Crippen molar-refractivity contribution in [1.29, 1.82) is 0 Å². The van der Waals surface area contributed by atoms with Gasteiger partial charge in [0.15, 0.2) is 0 Å². The number of nitrogen functional groups attached to an aromatic ring is 1. The van der Waals surface area contributed by atoms with Crippen LogP contribution in [0.3, 0.4) is 0 Å². The molecule has 0 amide bonds. The number of aromatic nitrogens is 2. The summed E-state index contributed by atoms with van der Waals surface area (Å²) in [6.45, 7) is 7.07. The van der Waals surface area contributed by atoms with Crippen LogP contribution < -0.4 is 5.73 Å². The summed E-state index contributed by atoms with van der Waals surface area (Å²) in [6, 6.07) is 3.10. The van der Waals surface area contributed by atoms with Gasteiger partial charge in [0.05, 0.1) is 28.2 Å². The molecule has 0 bridgehead atoms. The molecule has 1 aromatic carbocycles. The fraction of sp³-hybridized carbons (Fsp3) is 0.353. The van der Waals surface area contributed by atoms with Crippen LogP contribution >= 0.6 is 11.6 Å². The largest absolute Gasteiger partial charge is 0.384 e.